The highest BCUT2D eigenvalue weighted by Crippen LogP contribution is 2.33. The molecule has 3 rings (SSSR count). The molecule has 0 unspecified atom stereocenters. The molecule has 0 aromatic heterocycles. The van der Waals surface area contributed by atoms with Crippen LogP contribution >= 0.6 is 0 Å². The predicted octanol–water partition coefficient (Wildman–Crippen LogP) is 7.39. The summed E-state index contributed by atoms with van der Waals surface area (Å²) in [6, 6.07) is 11.6. The van der Waals surface area contributed by atoms with Gasteiger partial charge in [0.05, 0.1) is 5.39 Å². The lowest BCUT2D eigenvalue weighted by Crippen LogP contribution is -1.99. The summed E-state index contributed by atoms with van der Waals surface area (Å²) in [5.74, 6) is -2.23. The Morgan fingerprint density at radius 3 is 2.24 bits per heavy atom. The van der Waals surface area contributed by atoms with Crippen LogP contribution in [-0.2, 0) is 6.42 Å². The lowest BCUT2D eigenvalue weighted by atomic mass is 9.97. The number of aryl methyl sites for hydroxylation is 1. The minimum atomic E-state index is -1.14. The van der Waals surface area contributed by atoms with Crippen molar-refractivity contribution in [1.29, 1.82) is 0 Å². The van der Waals surface area contributed by atoms with Gasteiger partial charge in [0.1, 0.15) is 18.2 Å². The maximum absolute atomic E-state index is 15.1. The zero-order chi connectivity index (χ0) is 20.8. The molecule has 3 aromatic carbocycles. The molecule has 0 heterocycles. The molecule has 0 saturated carbocycles. The smallest absolute Gasteiger partial charge is 0.169 e. The fourth-order valence-corrected chi connectivity index (χ4v) is 3.22. The second-order valence-electron chi connectivity index (χ2n) is 6.70. The summed E-state index contributed by atoms with van der Waals surface area (Å²) in [5, 5.41) is 0.0372. The van der Waals surface area contributed by atoms with Gasteiger partial charge in [0.25, 0.3) is 0 Å². The van der Waals surface area contributed by atoms with Gasteiger partial charge in [0.15, 0.2) is 11.6 Å². The highest BCUT2D eigenvalue weighted by molar-refractivity contribution is 5.89. The van der Waals surface area contributed by atoms with E-state index >= 15 is 4.39 Å². The lowest BCUT2D eigenvalue weighted by molar-refractivity contribution is 0.363. The molecule has 4 heteroatoms. The van der Waals surface area contributed by atoms with Gasteiger partial charge in [-0.3, -0.25) is 0 Å². The van der Waals surface area contributed by atoms with E-state index in [1.54, 1.807) is 36.4 Å². The second kappa shape index (κ2) is 9.46. The first-order valence-electron chi connectivity index (χ1n) is 9.61. The number of hydrogen-bond acceptors (Lipinski definition) is 1. The molecule has 0 atom stereocenters. The van der Waals surface area contributed by atoms with E-state index in [4.69, 9.17) is 4.74 Å². The molecule has 0 spiro atoms. The summed E-state index contributed by atoms with van der Waals surface area (Å²) in [7, 11) is 0. The van der Waals surface area contributed by atoms with Gasteiger partial charge in [0, 0.05) is 5.56 Å². The van der Waals surface area contributed by atoms with E-state index in [0.29, 0.717) is 36.1 Å². The van der Waals surface area contributed by atoms with Gasteiger partial charge >= 0.3 is 0 Å². The maximum Gasteiger partial charge on any atom is 0.169 e. The molecule has 0 fully saturated rings. The second-order valence-corrected chi connectivity index (χ2v) is 6.70. The van der Waals surface area contributed by atoms with Gasteiger partial charge in [-0.15, -0.1) is 0 Å². The lowest BCUT2D eigenvalue weighted by Gasteiger charge is -2.12. The number of halogens is 3. The fourth-order valence-electron chi connectivity index (χ4n) is 3.22. The Hall–Kier alpha value is -3.01. The van der Waals surface area contributed by atoms with Crippen LogP contribution < -0.4 is 4.74 Å². The van der Waals surface area contributed by atoms with E-state index in [2.05, 4.69) is 0 Å². The summed E-state index contributed by atoms with van der Waals surface area (Å²) >= 11 is 0. The van der Waals surface area contributed by atoms with Gasteiger partial charge in [0.2, 0.25) is 0 Å². The van der Waals surface area contributed by atoms with Crippen LogP contribution in [0.4, 0.5) is 13.2 Å². The number of rotatable bonds is 7. The molecule has 1 nitrogen and oxygen atoms in total. The highest BCUT2D eigenvalue weighted by Gasteiger charge is 2.19. The number of hydrogen-bond donors (Lipinski definition) is 0. The molecule has 0 aliphatic carbocycles. The Kier molecular flexibility index (Phi) is 6.76. The van der Waals surface area contributed by atoms with Gasteiger partial charge in [-0.05, 0) is 61.4 Å². The number of fused-ring (bicyclic) bond motifs is 1. The van der Waals surface area contributed by atoms with Gasteiger partial charge in [-0.25, -0.2) is 13.2 Å². The van der Waals surface area contributed by atoms with E-state index in [1.807, 2.05) is 38.2 Å². The number of ether oxygens (including phenoxy) is 1. The normalized spacial score (nSPS) is 11.8. The Morgan fingerprint density at radius 2 is 1.55 bits per heavy atom. The molecule has 29 heavy (non-hydrogen) atoms. The van der Waals surface area contributed by atoms with E-state index in [9.17, 15) is 8.78 Å². The van der Waals surface area contributed by atoms with Crippen LogP contribution in [0.25, 0.3) is 21.9 Å². The quantitative estimate of drug-likeness (QED) is 0.378. The molecule has 0 radical (unpaired) electrons. The van der Waals surface area contributed by atoms with Crippen LogP contribution in [0.2, 0.25) is 0 Å². The van der Waals surface area contributed by atoms with Crippen molar-refractivity contribution in [3.63, 3.8) is 0 Å². The van der Waals surface area contributed by atoms with E-state index < -0.39 is 17.5 Å². The zero-order valence-corrected chi connectivity index (χ0v) is 16.5. The van der Waals surface area contributed by atoms with Crippen LogP contribution in [0.5, 0.6) is 5.75 Å². The summed E-state index contributed by atoms with van der Waals surface area (Å²) in [6.45, 7) is 4.22. The van der Waals surface area contributed by atoms with Crippen LogP contribution in [0, 0.1) is 17.5 Å². The number of allylic oxidation sites excluding steroid dienone is 3. The van der Waals surface area contributed by atoms with E-state index in [-0.39, 0.29) is 16.5 Å². The summed E-state index contributed by atoms with van der Waals surface area (Å²) in [6.07, 6.45) is 8.47. The van der Waals surface area contributed by atoms with Gasteiger partial charge in [-0.1, -0.05) is 48.6 Å². The minimum absolute atomic E-state index is 0.220. The molecular weight excluding hydrogens is 373 g/mol. The highest BCUT2D eigenvalue weighted by atomic mass is 19.2. The monoisotopic (exact) mass is 396 g/mol. The first-order chi connectivity index (χ1) is 14.1. The van der Waals surface area contributed by atoms with Crippen molar-refractivity contribution in [2.45, 2.75) is 26.7 Å². The van der Waals surface area contributed by atoms with Crippen molar-refractivity contribution in [3.05, 3.63) is 89.8 Å². The largest absolute Gasteiger partial charge is 0.490 e. The zero-order valence-electron chi connectivity index (χ0n) is 16.5. The third-order valence-electron chi connectivity index (χ3n) is 4.76. The van der Waals surface area contributed by atoms with Crippen molar-refractivity contribution in [3.8, 4) is 16.9 Å². The molecule has 0 aliphatic rings. The third-order valence-corrected chi connectivity index (χ3v) is 4.76. The Balaban J connectivity index is 1.97. The van der Waals surface area contributed by atoms with E-state index in [0.717, 1.165) is 0 Å². The average molecular weight is 396 g/mol. The Bertz CT molecular complexity index is 1050. The first kappa shape index (κ1) is 20.7. The molecular formula is C25H23F3O. The topological polar surface area (TPSA) is 9.23 Å². The van der Waals surface area contributed by atoms with Gasteiger partial charge < -0.3 is 4.74 Å². The Morgan fingerprint density at radius 1 is 0.828 bits per heavy atom. The van der Waals surface area contributed by atoms with Crippen LogP contribution in [0.1, 0.15) is 25.8 Å². The fraction of sp³-hybridized carbons (Fsp3) is 0.200. The van der Waals surface area contributed by atoms with Crippen LogP contribution in [0.3, 0.4) is 0 Å². The Labute approximate surface area is 169 Å². The average Bonchev–Trinajstić information content (AvgIpc) is 2.72. The SMILES string of the molecule is CC=CCOc1ccc(-c2ccc3cc(CC/C=C/C)c(F)c(F)c3c2F)cc1. The van der Waals surface area contributed by atoms with Crippen molar-refractivity contribution >= 4 is 10.8 Å². The van der Waals surface area contributed by atoms with Crippen molar-refractivity contribution < 1.29 is 17.9 Å². The van der Waals surface area contributed by atoms with Crippen molar-refractivity contribution in [2.24, 2.45) is 0 Å². The third kappa shape index (κ3) is 4.53. The summed E-state index contributed by atoms with van der Waals surface area (Å²) in [5.41, 5.74) is 1.04. The maximum atomic E-state index is 15.1. The molecule has 0 saturated heterocycles. The van der Waals surface area contributed by atoms with E-state index in [1.165, 1.54) is 6.07 Å². The molecule has 150 valence electrons. The molecule has 0 bridgehead atoms. The summed E-state index contributed by atoms with van der Waals surface area (Å²) < 4.78 is 49.8. The molecule has 0 aliphatic heterocycles. The van der Waals surface area contributed by atoms with Crippen LogP contribution in [0.15, 0.2) is 66.8 Å². The summed E-state index contributed by atoms with van der Waals surface area (Å²) in [4.78, 5) is 0. The minimum Gasteiger partial charge on any atom is -0.490 e. The number of benzene rings is 3. The van der Waals surface area contributed by atoms with Crippen LogP contribution in [-0.4, -0.2) is 6.61 Å². The van der Waals surface area contributed by atoms with Crippen molar-refractivity contribution in [2.75, 3.05) is 6.61 Å². The molecule has 0 N–H and O–H groups in total. The van der Waals surface area contributed by atoms with Gasteiger partial charge in [-0.2, -0.15) is 0 Å². The molecule has 0 amide bonds. The predicted molar refractivity (Wildman–Crippen MR) is 113 cm³/mol. The standard InChI is InChI=1S/C25H23F3O/c1-3-5-7-8-19-16-18-11-14-21(24(27)22(18)25(28)23(19)26)17-9-12-20(13-10-17)29-15-6-4-2/h3-6,9-14,16H,7-8,15H2,1-2H3/b5-3+,6-4?. The first-order valence-corrected chi connectivity index (χ1v) is 9.61. The molecule has 3 aromatic rings. The van der Waals surface area contributed by atoms with Crippen molar-refractivity contribution in [1.82, 2.24) is 0 Å².